The molecule has 13 heteroatoms. The van der Waals surface area contributed by atoms with Crippen molar-refractivity contribution >= 4 is 17.8 Å². The van der Waals surface area contributed by atoms with Crippen molar-refractivity contribution in [2.24, 2.45) is 0 Å². The van der Waals surface area contributed by atoms with Gasteiger partial charge in [0.15, 0.2) is 0 Å². The first-order valence-electron chi connectivity index (χ1n) is 11.8. The number of urea groups is 1. The minimum atomic E-state index is -5.08. The van der Waals surface area contributed by atoms with E-state index in [9.17, 15) is 40.3 Å². The van der Waals surface area contributed by atoms with Gasteiger partial charge in [0.05, 0.1) is 17.2 Å². The highest BCUT2D eigenvalue weighted by molar-refractivity contribution is 5.92. The molecule has 0 aliphatic carbocycles. The van der Waals surface area contributed by atoms with Crippen LogP contribution in [0.3, 0.4) is 0 Å². The van der Waals surface area contributed by atoms with Crippen molar-refractivity contribution in [1.82, 2.24) is 9.80 Å². The number of nitrogens with zero attached hydrogens (tertiary/aromatic N) is 3. The van der Waals surface area contributed by atoms with Crippen LogP contribution in [0.4, 0.5) is 46.0 Å². The first kappa shape index (κ1) is 30.0. The summed E-state index contributed by atoms with van der Waals surface area (Å²) < 4.78 is 99.1. The normalized spacial score (nSPS) is 18.2. The Hall–Kier alpha value is -3.51. The molecular formula is C26H28F7N3O3. The van der Waals surface area contributed by atoms with E-state index in [1.807, 2.05) is 0 Å². The quantitative estimate of drug-likeness (QED) is 0.388. The summed E-state index contributed by atoms with van der Waals surface area (Å²) in [5, 5.41) is 0. The van der Waals surface area contributed by atoms with Crippen LogP contribution in [-0.2, 0) is 17.1 Å². The van der Waals surface area contributed by atoms with E-state index in [1.165, 1.54) is 36.2 Å². The molecule has 1 heterocycles. The van der Waals surface area contributed by atoms with Crippen molar-refractivity contribution in [2.45, 2.75) is 50.7 Å². The lowest BCUT2D eigenvalue weighted by Gasteiger charge is -2.33. The fraction of sp³-hybridized carbons (Fsp3) is 0.462. The second kappa shape index (κ2) is 10.6. The predicted molar refractivity (Wildman–Crippen MR) is 129 cm³/mol. The summed E-state index contributed by atoms with van der Waals surface area (Å²) in [5.74, 6) is -1.06. The molecule has 2 atom stereocenters. The van der Waals surface area contributed by atoms with Crippen LogP contribution in [0.1, 0.15) is 43.4 Å². The summed E-state index contributed by atoms with van der Waals surface area (Å²) in [6.07, 6.45) is -10.8. The molecule has 1 fully saturated rings. The summed E-state index contributed by atoms with van der Waals surface area (Å²) in [4.78, 5) is 29.3. The molecule has 0 saturated carbocycles. The summed E-state index contributed by atoms with van der Waals surface area (Å²) in [6.45, 7) is 5.05. The SMILES string of the molecule is CN(C(=O)N(C)[C@@H]1CN(C(=O)OC(C)(C)C)C[C@@H]1c1ccc(F)cc1)c1cc(C(F)(F)F)cc(C(F)(F)F)c1. The van der Waals surface area contributed by atoms with Crippen LogP contribution in [0.5, 0.6) is 0 Å². The molecule has 2 aromatic carbocycles. The standard InChI is InChI=1S/C26H28F7N3O3/c1-24(2,3)39-23(38)36-13-20(15-6-8-18(27)9-7-15)21(14-36)35(5)22(37)34(4)19-11-16(25(28,29)30)10-17(12-19)26(31,32)33/h6-12,20-21H,13-14H2,1-5H3/t20-,21-/m1/s1. The van der Waals surface area contributed by atoms with Gasteiger partial charge < -0.3 is 14.5 Å². The monoisotopic (exact) mass is 563 g/mol. The fourth-order valence-electron chi connectivity index (χ4n) is 4.31. The van der Waals surface area contributed by atoms with Crippen LogP contribution in [0, 0.1) is 5.82 Å². The maximum absolute atomic E-state index is 13.6. The van der Waals surface area contributed by atoms with Crippen molar-refractivity contribution < 1.29 is 45.1 Å². The number of rotatable bonds is 3. The molecule has 0 aromatic heterocycles. The van der Waals surface area contributed by atoms with Gasteiger partial charge in [-0.25, -0.2) is 14.0 Å². The Morgan fingerprint density at radius 1 is 0.872 bits per heavy atom. The Bertz CT molecular complexity index is 1170. The summed E-state index contributed by atoms with van der Waals surface area (Å²) in [5.41, 5.74) is -3.98. The molecule has 214 valence electrons. The van der Waals surface area contributed by atoms with Gasteiger partial charge in [-0.2, -0.15) is 26.3 Å². The van der Waals surface area contributed by atoms with E-state index in [1.54, 1.807) is 20.8 Å². The minimum absolute atomic E-state index is 0.0220. The van der Waals surface area contributed by atoms with Crippen molar-refractivity contribution in [2.75, 3.05) is 32.1 Å². The third-order valence-electron chi connectivity index (χ3n) is 6.28. The number of alkyl halides is 6. The van der Waals surface area contributed by atoms with E-state index in [-0.39, 0.29) is 19.2 Å². The number of hydrogen-bond acceptors (Lipinski definition) is 3. The topological polar surface area (TPSA) is 53.1 Å². The van der Waals surface area contributed by atoms with Gasteiger partial charge in [0.1, 0.15) is 11.4 Å². The number of hydrogen-bond donors (Lipinski definition) is 0. The average Bonchev–Trinajstić information content (AvgIpc) is 3.26. The molecule has 0 radical (unpaired) electrons. The maximum Gasteiger partial charge on any atom is 0.416 e. The van der Waals surface area contributed by atoms with Crippen LogP contribution in [0.25, 0.3) is 0 Å². The van der Waals surface area contributed by atoms with Gasteiger partial charge in [0.2, 0.25) is 0 Å². The maximum atomic E-state index is 13.6. The Morgan fingerprint density at radius 3 is 1.85 bits per heavy atom. The van der Waals surface area contributed by atoms with Gasteiger partial charge in [0, 0.05) is 38.8 Å². The number of carbonyl (C=O) groups is 2. The van der Waals surface area contributed by atoms with E-state index >= 15 is 0 Å². The van der Waals surface area contributed by atoms with Gasteiger partial charge in [-0.3, -0.25) is 4.90 Å². The van der Waals surface area contributed by atoms with E-state index in [0.717, 1.165) is 11.9 Å². The van der Waals surface area contributed by atoms with Gasteiger partial charge in [-0.1, -0.05) is 12.1 Å². The Morgan fingerprint density at radius 2 is 1.38 bits per heavy atom. The van der Waals surface area contributed by atoms with Gasteiger partial charge >= 0.3 is 24.5 Å². The zero-order chi connectivity index (χ0) is 29.5. The van der Waals surface area contributed by atoms with Crippen molar-refractivity contribution in [1.29, 1.82) is 0 Å². The number of anilines is 1. The molecule has 3 rings (SSSR count). The van der Waals surface area contributed by atoms with Gasteiger partial charge in [0.25, 0.3) is 0 Å². The third-order valence-corrected chi connectivity index (χ3v) is 6.28. The second-order valence-corrected chi connectivity index (χ2v) is 10.3. The van der Waals surface area contributed by atoms with Crippen LogP contribution >= 0.6 is 0 Å². The number of likely N-dealkylation sites (tertiary alicyclic amines) is 1. The highest BCUT2D eigenvalue weighted by Gasteiger charge is 2.43. The van der Waals surface area contributed by atoms with Gasteiger partial charge in [-0.15, -0.1) is 0 Å². The molecule has 6 nitrogen and oxygen atoms in total. The van der Waals surface area contributed by atoms with Crippen molar-refractivity contribution in [3.05, 3.63) is 65.0 Å². The van der Waals surface area contributed by atoms with Crippen LogP contribution in [0.2, 0.25) is 0 Å². The number of carbonyl (C=O) groups excluding carboxylic acids is 2. The molecule has 2 aromatic rings. The number of benzene rings is 2. The molecule has 0 N–H and O–H groups in total. The molecule has 0 unspecified atom stereocenters. The smallest absolute Gasteiger partial charge is 0.416 e. The molecular weight excluding hydrogens is 535 g/mol. The molecule has 39 heavy (non-hydrogen) atoms. The lowest BCUT2D eigenvalue weighted by molar-refractivity contribution is -0.143. The largest absolute Gasteiger partial charge is 0.444 e. The highest BCUT2D eigenvalue weighted by atomic mass is 19.4. The first-order valence-corrected chi connectivity index (χ1v) is 11.8. The molecule has 1 saturated heterocycles. The van der Waals surface area contributed by atoms with Crippen molar-refractivity contribution in [3.8, 4) is 0 Å². The summed E-state index contributed by atoms with van der Waals surface area (Å²) in [7, 11) is 2.39. The highest BCUT2D eigenvalue weighted by Crippen LogP contribution is 2.39. The average molecular weight is 564 g/mol. The lowest BCUT2D eigenvalue weighted by Crippen LogP contribution is -2.48. The van der Waals surface area contributed by atoms with Gasteiger partial charge in [-0.05, 0) is 56.7 Å². The van der Waals surface area contributed by atoms with E-state index in [2.05, 4.69) is 0 Å². The molecule has 3 amide bonds. The number of amides is 3. The lowest BCUT2D eigenvalue weighted by atomic mass is 9.93. The summed E-state index contributed by atoms with van der Waals surface area (Å²) in [6, 6.07) is 4.60. The number of halogens is 7. The molecule has 0 spiro atoms. The Balaban J connectivity index is 1.95. The Kier molecular flexibility index (Phi) is 8.14. The minimum Gasteiger partial charge on any atom is -0.444 e. The second-order valence-electron chi connectivity index (χ2n) is 10.3. The van der Waals surface area contributed by atoms with E-state index in [4.69, 9.17) is 4.74 Å². The van der Waals surface area contributed by atoms with Crippen LogP contribution in [0.15, 0.2) is 42.5 Å². The number of ether oxygens (including phenoxy) is 1. The fourth-order valence-corrected chi connectivity index (χ4v) is 4.31. The van der Waals surface area contributed by atoms with Crippen molar-refractivity contribution in [3.63, 3.8) is 0 Å². The van der Waals surface area contributed by atoms with E-state index < -0.39 is 64.7 Å². The zero-order valence-electron chi connectivity index (χ0n) is 21.8. The third kappa shape index (κ3) is 7.12. The van der Waals surface area contributed by atoms with E-state index in [0.29, 0.717) is 22.6 Å². The van der Waals surface area contributed by atoms with Crippen LogP contribution in [-0.4, -0.2) is 60.8 Å². The molecule has 1 aliphatic heterocycles. The predicted octanol–water partition coefficient (Wildman–Crippen LogP) is 6.75. The number of likely N-dealkylation sites (N-methyl/N-ethyl adjacent to an activating group) is 1. The Labute approximate surface area is 220 Å². The van der Waals surface area contributed by atoms with Crippen LogP contribution < -0.4 is 4.90 Å². The zero-order valence-corrected chi connectivity index (χ0v) is 21.8. The molecule has 0 bridgehead atoms. The first-order chi connectivity index (χ1) is 17.8. The summed E-state index contributed by atoms with van der Waals surface area (Å²) >= 11 is 0. The molecule has 1 aliphatic rings.